The summed E-state index contributed by atoms with van der Waals surface area (Å²) in [6.45, 7) is 4.41. The quantitative estimate of drug-likeness (QED) is 0.542. The van der Waals surface area contributed by atoms with Crippen LogP contribution in [0.1, 0.15) is 25.0 Å². The van der Waals surface area contributed by atoms with Crippen molar-refractivity contribution >= 4 is 21.5 Å². The Balaban J connectivity index is 0.000000902. The van der Waals surface area contributed by atoms with Gasteiger partial charge >= 0.3 is 0 Å². The van der Waals surface area contributed by atoms with Crippen molar-refractivity contribution in [3.8, 4) is 0 Å². The number of aryl methyl sites for hydroxylation is 2. The fourth-order valence-corrected chi connectivity index (χ4v) is 2.56. The van der Waals surface area contributed by atoms with Crippen LogP contribution < -0.4 is 0 Å². The van der Waals surface area contributed by atoms with E-state index < -0.39 is 0 Å². The molecular weight excluding hydrogens is 382 g/mol. The summed E-state index contributed by atoms with van der Waals surface area (Å²) in [6.07, 6.45) is 2.22. The summed E-state index contributed by atoms with van der Waals surface area (Å²) in [5, 5.41) is 5.54. The van der Waals surface area contributed by atoms with E-state index >= 15 is 0 Å². The summed E-state index contributed by atoms with van der Waals surface area (Å²) in [6, 6.07) is 16.0. The predicted molar refractivity (Wildman–Crippen MR) is 75.8 cm³/mol. The summed E-state index contributed by atoms with van der Waals surface area (Å²) in [7, 11) is 0. The molecule has 0 saturated heterocycles. The molecule has 3 aromatic rings. The van der Waals surface area contributed by atoms with E-state index in [0.717, 1.165) is 12.8 Å². The van der Waals surface area contributed by atoms with Crippen LogP contribution in [0.25, 0.3) is 21.5 Å². The van der Waals surface area contributed by atoms with E-state index in [2.05, 4.69) is 56.3 Å². The second-order valence-corrected chi connectivity index (χ2v) is 4.69. The second kappa shape index (κ2) is 7.50. The second-order valence-electron chi connectivity index (χ2n) is 4.69. The van der Waals surface area contributed by atoms with Crippen LogP contribution in [0.15, 0.2) is 42.5 Å². The zero-order valence-corrected chi connectivity index (χ0v) is 17.3. The molecule has 0 unspecified atom stereocenters. The molecule has 0 fully saturated rings. The van der Waals surface area contributed by atoms with Crippen LogP contribution in [0.2, 0.25) is 0 Å². The summed E-state index contributed by atoms with van der Waals surface area (Å²) < 4.78 is 0. The van der Waals surface area contributed by atoms with Crippen molar-refractivity contribution in [3.05, 3.63) is 53.6 Å². The molecule has 19 heavy (non-hydrogen) atoms. The number of benzene rings is 2. The Labute approximate surface area is 165 Å². The molecule has 2 radical (unpaired) electrons. The van der Waals surface area contributed by atoms with Crippen molar-refractivity contribution in [3.63, 3.8) is 0 Å². The fourth-order valence-electron chi connectivity index (χ4n) is 2.56. The maximum Gasteiger partial charge on any atom is 0 e. The van der Waals surface area contributed by atoms with Gasteiger partial charge in [0.05, 0.1) is 0 Å². The molecule has 0 saturated carbocycles. The SMILES string of the molecule is CCc1ccc2c(c1)[cH-]c1cc(CC)ccc12.[Y].[Y]. The molecule has 0 aromatic heterocycles. The van der Waals surface area contributed by atoms with E-state index in [4.69, 9.17) is 0 Å². The first-order valence-corrected chi connectivity index (χ1v) is 6.42. The van der Waals surface area contributed by atoms with Gasteiger partial charge < -0.3 is 0 Å². The van der Waals surface area contributed by atoms with Gasteiger partial charge in [0, 0.05) is 65.4 Å². The third-order valence-electron chi connectivity index (χ3n) is 3.65. The molecular formula is C17H17Y2-. The Bertz CT molecular complexity index is 622. The molecule has 0 heterocycles. The van der Waals surface area contributed by atoms with Gasteiger partial charge in [-0.25, -0.2) is 0 Å². The van der Waals surface area contributed by atoms with Crippen molar-refractivity contribution in [2.75, 3.05) is 0 Å². The molecule has 3 rings (SSSR count). The molecule has 0 aliphatic heterocycles. The van der Waals surface area contributed by atoms with E-state index in [1.165, 1.54) is 32.7 Å². The van der Waals surface area contributed by atoms with E-state index in [1.54, 1.807) is 0 Å². The minimum absolute atomic E-state index is 0. The van der Waals surface area contributed by atoms with Crippen molar-refractivity contribution in [1.29, 1.82) is 0 Å². The molecule has 2 heteroatoms. The van der Waals surface area contributed by atoms with Gasteiger partial charge in [-0.1, -0.05) is 49.2 Å². The van der Waals surface area contributed by atoms with Gasteiger partial charge in [0.25, 0.3) is 0 Å². The molecule has 0 aliphatic carbocycles. The number of hydrogen-bond acceptors (Lipinski definition) is 0. The van der Waals surface area contributed by atoms with Gasteiger partial charge in [0.15, 0.2) is 0 Å². The minimum Gasteiger partial charge on any atom is -0.126 e. The number of rotatable bonds is 2. The molecule has 0 aliphatic rings. The molecule has 0 amide bonds. The molecule has 3 aromatic carbocycles. The van der Waals surface area contributed by atoms with E-state index in [9.17, 15) is 0 Å². The Morgan fingerprint density at radius 1 is 0.737 bits per heavy atom. The molecule has 0 nitrogen and oxygen atoms in total. The maximum absolute atomic E-state index is 2.32. The summed E-state index contributed by atoms with van der Waals surface area (Å²) in [5.74, 6) is 0. The van der Waals surface area contributed by atoms with Crippen molar-refractivity contribution in [1.82, 2.24) is 0 Å². The molecule has 0 bridgehead atoms. The van der Waals surface area contributed by atoms with Crippen LogP contribution in [0, 0.1) is 0 Å². The molecule has 0 spiro atoms. The van der Waals surface area contributed by atoms with Crippen molar-refractivity contribution in [2.45, 2.75) is 26.7 Å². The van der Waals surface area contributed by atoms with Gasteiger partial charge in [0.2, 0.25) is 0 Å². The van der Waals surface area contributed by atoms with Crippen LogP contribution in [-0.4, -0.2) is 0 Å². The van der Waals surface area contributed by atoms with Crippen molar-refractivity contribution < 1.29 is 65.4 Å². The molecule has 0 atom stereocenters. The van der Waals surface area contributed by atoms with Crippen LogP contribution in [-0.2, 0) is 78.3 Å². The minimum atomic E-state index is 0. The summed E-state index contributed by atoms with van der Waals surface area (Å²) in [5.41, 5.74) is 2.84. The van der Waals surface area contributed by atoms with Crippen LogP contribution in [0.4, 0.5) is 0 Å². The smallest absolute Gasteiger partial charge is 0 e. The van der Waals surface area contributed by atoms with Gasteiger partial charge in [-0.3, -0.25) is 0 Å². The van der Waals surface area contributed by atoms with E-state index in [0.29, 0.717) is 0 Å². The van der Waals surface area contributed by atoms with Gasteiger partial charge in [-0.05, 0) is 12.8 Å². The van der Waals surface area contributed by atoms with E-state index in [-0.39, 0.29) is 65.4 Å². The van der Waals surface area contributed by atoms with Gasteiger partial charge in [-0.2, -0.15) is 0 Å². The Kier molecular flexibility index (Phi) is 6.94. The number of hydrogen-bond donors (Lipinski definition) is 0. The maximum atomic E-state index is 2.32. The summed E-state index contributed by atoms with van der Waals surface area (Å²) in [4.78, 5) is 0. The first-order chi connectivity index (χ1) is 8.31. The van der Waals surface area contributed by atoms with Gasteiger partial charge in [-0.15, -0.1) is 39.7 Å². The molecule has 0 N–H and O–H groups in total. The Morgan fingerprint density at radius 3 is 1.53 bits per heavy atom. The Hall–Kier alpha value is 0.518. The van der Waals surface area contributed by atoms with Gasteiger partial charge in [0.1, 0.15) is 0 Å². The first kappa shape index (κ1) is 17.6. The standard InChI is InChI=1S/C17H17.2Y/c1-3-12-5-7-16-14(9-12)11-15-10-13(4-2)6-8-17(15)16;;/h5-11H,3-4H2,1-2H3;;/q-1;;. The number of fused-ring (bicyclic) bond motifs is 3. The Morgan fingerprint density at radius 2 is 1.16 bits per heavy atom. The van der Waals surface area contributed by atoms with Crippen LogP contribution >= 0.6 is 0 Å². The average Bonchev–Trinajstić information content (AvgIpc) is 2.74. The van der Waals surface area contributed by atoms with Crippen LogP contribution in [0.3, 0.4) is 0 Å². The monoisotopic (exact) mass is 399 g/mol. The largest absolute Gasteiger partial charge is 0.126 e. The zero-order chi connectivity index (χ0) is 11.8. The van der Waals surface area contributed by atoms with E-state index in [1.807, 2.05) is 0 Å². The van der Waals surface area contributed by atoms with Crippen molar-refractivity contribution in [2.24, 2.45) is 0 Å². The third kappa shape index (κ3) is 3.41. The normalized spacial score (nSPS) is 10.2. The summed E-state index contributed by atoms with van der Waals surface area (Å²) >= 11 is 0. The molecule has 92 valence electrons. The first-order valence-electron chi connectivity index (χ1n) is 6.42. The average molecular weight is 399 g/mol. The van der Waals surface area contributed by atoms with Crippen LogP contribution in [0.5, 0.6) is 0 Å². The fraction of sp³-hybridized carbons (Fsp3) is 0.235. The predicted octanol–water partition coefficient (Wildman–Crippen LogP) is 4.83. The topological polar surface area (TPSA) is 0 Å². The zero-order valence-electron chi connectivity index (χ0n) is 11.6. The third-order valence-corrected chi connectivity index (χ3v) is 3.65.